The molecule has 0 N–H and O–H groups in total. The highest BCUT2D eigenvalue weighted by Gasteiger charge is 2.39. The van der Waals surface area contributed by atoms with Gasteiger partial charge in [0.15, 0.2) is 0 Å². The Hall–Kier alpha value is -0.630. The summed E-state index contributed by atoms with van der Waals surface area (Å²) in [5, 5.41) is 0. The van der Waals surface area contributed by atoms with Crippen molar-refractivity contribution in [1.29, 1.82) is 0 Å². The molecule has 0 amide bonds. The van der Waals surface area contributed by atoms with Gasteiger partial charge >= 0.3 is 0 Å². The molecule has 2 aliphatic rings. The largest absolute Gasteiger partial charge is 0.321 e. The second kappa shape index (κ2) is 3.20. The average molecular weight is 209 g/mol. The van der Waals surface area contributed by atoms with Crippen molar-refractivity contribution in [3.63, 3.8) is 0 Å². The van der Waals surface area contributed by atoms with Gasteiger partial charge in [-0.1, -0.05) is 18.2 Å². The van der Waals surface area contributed by atoms with Gasteiger partial charge in [-0.05, 0) is 11.6 Å². The maximum Gasteiger partial charge on any atom is 0.289 e. The standard InChI is InChI=1S/C10H12NO2P/c1-12-14-11-6-8(7-13-14)9-4-2-3-5-10(9)11/h2-5,8H,6-7H2,1H3. The van der Waals surface area contributed by atoms with Gasteiger partial charge in [0.05, 0.1) is 6.61 Å². The highest BCUT2D eigenvalue weighted by atomic mass is 31.2. The van der Waals surface area contributed by atoms with Crippen molar-refractivity contribution < 1.29 is 9.05 Å². The Morgan fingerprint density at radius 1 is 1.50 bits per heavy atom. The zero-order chi connectivity index (χ0) is 9.54. The fourth-order valence-electron chi connectivity index (χ4n) is 2.15. The Kier molecular flexibility index (Phi) is 1.98. The fraction of sp³-hybridized carbons (Fsp3) is 0.400. The molecule has 74 valence electrons. The van der Waals surface area contributed by atoms with Gasteiger partial charge in [0.2, 0.25) is 0 Å². The zero-order valence-electron chi connectivity index (χ0n) is 8.01. The van der Waals surface area contributed by atoms with Crippen molar-refractivity contribution in [3.05, 3.63) is 29.8 Å². The minimum atomic E-state index is -0.845. The molecule has 0 aliphatic carbocycles. The molecule has 4 heteroatoms. The second-order valence-electron chi connectivity index (χ2n) is 3.55. The summed E-state index contributed by atoms with van der Waals surface area (Å²) in [7, 11) is 0.871. The van der Waals surface area contributed by atoms with Gasteiger partial charge < -0.3 is 13.7 Å². The Balaban J connectivity index is 2.05. The minimum Gasteiger partial charge on any atom is -0.321 e. The van der Waals surface area contributed by atoms with Crippen LogP contribution in [-0.4, -0.2) is 20.3 Å². The third-order valence-corrected chi connectivity index (χ3v) is 4.24. The van der Waals surface area contributed by atoms with Gasteiger partial charge in [-0.2, -0.15) is 0 Å². The van der Waals surface area contributed by atoms with Crippen molar-refractivity contribution >= 4 is 14.2 Å². The van der Waals surface area contributed by atoms with Crippen LogP contribution in [0.1, 0.15) is 11.5 Å². The number of para-hydroxylation sites is 1. The van der Waals surface area contributed by atoms with Crippen LogP contribution in [0.25, 0.3) is 0 Å². The van der Waals surface area contributed by atoms with E-state index in [4.69, 9.17) is 9.05 Å². The van der Waals surface area contributed by atoms with E-state index in [9.17, 15) is 0 Å². The van der Waals surface area contributed by atoms with E-state index in [1.54, 1.807) is 7.11 Å². The molecular formula is C10H12NO2P. The molecule has 0 radical (unpaired) electrons. The van der Waals surface area contributed by atoms with E-state index in [2.05, 4.69) is 28.9 Å². The highest BCUT2D eigenvalue weighted by Crippen LogP contribution is 2.56. The summed E-state index contributed by atoms with van der Waals surface area (Å²) in [5.74, 6) is 0.542. The molecule has 14 heavy (non-hydrogen) atoms. The smallest absolute Gasteiger partial charge is 0.289 e. The second-order valence-corrected chi connectivity index (χ2v) is 5.14. The number of hydrogen-bond donors (Lipinski definition) is 0. The SMILES string of the molecule is COP1OCC2CN1c1ccccc12. The number of hydrogen-bond acceptors (Lipinski definition) is 3. The predicted molar refractivity (Wildman–Crippen MR) is 56.4 cm³/mol. The average Bonchev–Trinajstić information content (AvgIpc) is 2.55. The summed E-state index contributed by atoms with van der Waals surface area (Å²) >= 11 is 0. The highest BCUT2D eigenvalue weighted by molar-refractivity contribution is 7.49. The molecule has 0 aromatic heterocycles. The lowest BCUT2D eigenvalue weighted by atomic mass is 10.0. The lowest BCUT2D eigenvalue weighted by Gasteiger charge is -2.30. The van der Waals surface area contributed by atoms with Crippen molar-refractivity contribution in [1.82, 2.24) is 0 Å². The molecule has 0 spiro atoms. The van der Waals surface area contributed by atoms with E-state index in [0.29, 0.717) is 5.92 Å². The van der Waals surface area contributed by atoms with Crippen LogP contribution in [0.2, 0.25) is 0 Å². The summed E-state index contributed by atoms with van der Waals surface area (Å²) in [6.45, 7) is 1.85. The van der Waals surface area contributed by atoms with Crippen LogP contribution >= 0.6 is 8.53 Å². The van der Waals surface area contributed by atoms with Gasteiger partial charge in [-0.3, -0.25) is 0 Å². The third-order valence-electron chi connectivity index (χ3n) is 2.79. The van der Waals surface area contributed by atoms with Crippen LogP contribution in [0.5, 0.6) is 0 Å². The summed E-state index contributed by atoms with van der Waals surface area (Å²) in [6.07, 6.45) is 0. The first kappa shape index (κ1) is 8.66. The van der Waals surface area contributed by atoms with Gasteiger partial charge in [0.1, 0.15) is 0 Å². The summed E-state index contributed by atoms with van der Waals surface area (Å²) < 4.78 is 13.3. The monoisotopic (exact) mass is 209 g/mol. The predicted octanol–water partition coefficient (Wildman–Crippen LogP) is 2.49. The van der Waals surface area contributed by atoms with Gasteiger partial charge in [-0.25, -0.2) is 0 Å². The van der Waals surface area contributed by atoms with E-state index in [-0.39, 0.29) is 0 Å². The van der Waals surface area contributed by atoms with E-state index >= 15 is 0 Å². The molecule has 1 aromatic rings. The summed E-state index contributed by atoms with van der Waals surface area (Å²) in [4.78, 5) is 0. The van der Waals surface area contributed by atoms with E-state index in [0.717, 1.165) is 13.2 Å². The Bertz CT molecular complexity index is 358. The molecule has 1 fully saturated rings. The van der Waals surface area contributed by atoms with Crippen LogP contribution in [0, 0.1) is 0 Å². The van der Waals surface area contributed by atoms with Gasteiger partial charge in [-0.15, -0.1) is 0 Å². The Morgan fingerprint density at radius 3 is 3.21 bits per heavy atom. The lowest BCUT2D eigenvalue weighted by molar-refractivity contribution is 0.250. The van der Waals surface area contributed by atoms with Crippen molar-refractivity contribution in [2.45, 2.75) is 5.92 Å². The normalized spacial score (nSPS) is 29.1. The molecule has 0 saturated carbocycles. The number of fused-ring (bicyclic) bond motifs is 5. The number of nitrogens with zero attached hydrogens (tertiary/aromatic N) is 1. The molecule has 2 aliphatic heterocycles. The van der Waals surface area contributed by atoms with Crippen LogP contribution in [0.15, 0.2) is 24.3 Å². The van der Waals surface area contributed by atoms with Gasteiger partial charge in [0.25, 0.3) is 8.53 Å². The first-order valence-corrected chi connectivity index (χ1v) is 5.86. The van der Waals surface area contributed by atoms with Crippen molar-refractivity contribution in [2.75, 3.05) is 24.9 Å². The minimum absolute atomic E-state index is 0.542. The van der Waals surface area contributed by atoms with Crippen molar-refractivity contribution in [2.24, 2.45) is 0 Å². The van der Waals surface area contributed by atoms with Crippen LogP contribution in [0.3, 0.4) is 0 Å². The first-order chi connectivity index (χ1) is 6.90. The maximum absolute atomic E-state index is 5.67. The van der Waals surface area contributed by atoms with E-state index in [1.165, 1.54) is 11.3 Å². The van der Waals surface area contributed by atoms with E-state index in [1.807, 2.05) is 0 Å². The molecule has 3 nitrogen and oxygen atoms in total. The number of anilines is 1. The summed E-state index contributed by atoms with van der Waals surface area (Å²) in [6, 6.07) is 8.51. The van der Waals surface area contributed by atoms with Crippen LogP contribution < -0.4 is 4.67 Å². The zero-order valence-corrected chi connectivity index (χ0v) is 8.91. The molecule has 1 saturated heterocycles. The molecule has 3 rings (SSSR count). The van der Waals surface area contributed by atoms with Crippen LogP contribution in [-0.2, 0) is 9.05 Å². The maximum atomic E-state index is 5.67. The third kappa shape index (κ3) is 1.10. The molecule has 2 unspecified atom stereocenters. The van der Waals surface area contributed by atoms with Gasteiger partial charge in [0, 0.05) is 25.3 Å². The summed E-state index contributed by atoms with van der Waals surface area (Å²) in [5.41, 5.74) is 2.71. The molecular weight excluding hydrogens is 197 g/mol. The molecule has 2 atom stereocenters. The quantitative estimate of drug-likeness (QED) is 0.663. The molecule has 1 aromatic carbocycles. The Labute approximate surface area is 84.6 Å². The molecule has 2 bridgehead atoms. The van der Waals surface area contributed by atoms with Crippen LogP contribution in [0.4, 0.5) is 5.69 Å². The van der Waals surface area contributed by atoms with Crippen molar-refractivity contribution in [3.8, 4) is 0 Å². The Morgan fingerprint density at radius 2 is 2.36 bits per heavy atom. The molecule has 2 heterocycles. The number of rotatable bonds is 1. The fourth-order valence-corrected chi connectivity index (χ4v) is 3.58. The topological polar surface area (TPSA) is 21.7 Å². The van der Waals surface area contributed by atoms with E-state index < -0.39 is 8.53 Å². The first-order valence-electron chi connectivity index (χ1n) is 4.73. The number of benzene rings is 1. The lowest BCUT2D eigenvalue weighted by Crippen LogP contribution is -2.25.